The molecule has 0 spiro atoms. The molecular weight excluding hydrogens is 293 g/mol. The normalized spacial score (nSPS) is 17.4. The highest BCUT2D eigenvalue weighted by Crippen LogP contribution is 2.31. The Labute approximate surface area is 117 Å². The van der Waals surface area contributed by atoms with Crippen molar-refractivity contribution >= 4 is 15.9 Å². The number of nitrogens with one attached hydrogen (secondary N) is 1. The van der Waals surface area contributed by atoms with Gasteiger partial charge in [0.1, 0.15) is 5.82 Å². The fraction of sp³-hybridized carbons (Fsp3) is 0.467. The Morgan fingerprint density at radius 2 is 2.22 bits per heavy atom. The van der Waals surface area contributed by atoms with Crippen LogP contribution in [0.5, 0.6) is 0 Å². The third-order valence-corrected chi connectivity index (χ3v) is 3.99. The third kappa shape index (κ3) is 3.21. The van der Waals surface area contributed by atoms with E-state index in [4.69, 9.17) is 0 Å². The van der Waals surface area contributed by atoms with Crippen LogP contribution in [-0.4, -0.2) is 6.54 Å². The van der Waals surface area contributed by atoms with Gasteiger partial charge < -0.3 is 5.32 Å². The summed E-state index contributed by atoms with van der Waals surface area (Å²) in [5, 5.41) is 3.50. The number of allylic oxidation sites excluding steroid dienone is 1. The number of likely N-dealkylation sites (N-methyl/N-ethyl adjacent to an activating group) is 1. The van der Waals surface area contributed by atoms with Gasteiger partial charge >= 0.3 is 0 Å². The van der Waals surface area contributed by atoms with Crippen LogP contribution in [0, 0.1) is 5.82 Å². The predicted octanol–water partition coefficient (Wildman–Crippen LogP) is 4.74. The van der Waals surface area contributed by atoms with Gasteiger partial charge in [-0.3, -0.25) is 0 Å². The maximum Gasteiger partial charge on any atom is 0.137 e. The van der Waals surface area contributed by atoms with Crippen LogP contribution in [0.15, 0.2) is 34.3 Å². The Balaban J connectivity index is 2.28. The van der Waals surface area contributed by atoms with Gasteiger partial charge in [0.2, 0.25) is 0 Å². The molecule has 1 atom stereocenters. The summed E-state index contributed by atoms with van der Waals surface area (Å²) in [6.45, 7) is 3.02. The molecule has 0 aromatic heterocycles. The van der Waals surface area contributed by atoms with Gasteiger partial charge in [0.05, 0.1) is 10.5 Å². The molecule has 1 nitrogen and oxygen atoms in total. The maximum absolute atomic E-state index is 13.3. The zero-order chi connectivity index (χ0) is 13.0. The predicted molar refractivity (Wildman–Crippen MR) is 77.1 cm³/mol. The first-order chi connectivity index (χ1) is 8.72. The summed E-state index contributed by atoms with van der Waals surface area (Å²) in [6, 6.07) is 5.53. The van der Waals surface area contributed by atoms with E-state index in [2.05, 4.69) is 34.2 Å². The van der Waals surface area contributed by atoms with E-state index in [1.807, 2.05) is 12.1 Å². The van der Waals surface area contributed by atoms with Gasteiger partial charge in [-0.2, -0.15) is 0 Å². The van der Waals surface area contributed by atoms with Crippen LogP contribution in [0.25, 0.3) is 0 Å². The van der Waals surface area contributed by atoms with Crippen LogP contribution in [0.1, 0.15) is 44.2 Å². The summed E-state index contributed by atoms with van der Waals surface area (Å²) >= 11 is 3.27. The molecule has 0 aliphatic heterocycles. The molecule has 1 N–H and O–H groups in total. The third-order valence-electron chi connectivity index (χ3n) is 3.38. The van der Waals surface area contributed by atoms with E-state index in [0.717, 1.165) is 18.5 Å². The zero-order valence-corrected chi connectivity index (χ0v) is 12.3. The van der Waals surface area contributed by atoms with Crippen LogP contribution < -0.4 is 5.32 Å². The van der Waals surface area contributed by atoms with Crippen LogP contribution >= 0.6 is 15.9 Å². The van der Waals surface area contributed by atoms with Gasteiger partial charge in [0.15, 0.2) is 0 Å². The molecule has 1 aromatic rings. The summed E-state index contributed by atoms with van der Waals surface area (Å²) in [6.07, 6.45) is 7.20. The molecular formula is C15H19BrFN. The molecule has 1 unspecified atom stereocenters. The van der Waals surface area contributed by atoms with Crippen molar-refractivity contribution < 1.29 is 4.39 Å². The largest absolute Gasteiger partial charge is 0.307 e. The molecule has 0 saturated carbocycles. The average Bonchev–Trinajstić information content (AvgIpc) is 2.40. The highest BCUT2D eigenvalue weighted by atomic mass is 79.9. The molecule has 0 heterocycles. The van der Waals surface area contributed by atoms with Crippen molar-refractivity contribution in [3.8, 4) is 0 Å². The Bertz CT molecular complexity index is 442. The topological polar surface area (TPSA) is 12.0 Å². The van der Waals surface area contributed by atoms with Crippen molar-refractivity contribution in [1.82, 2.24) is 5.32 Å². The molecule has 1 aliphatic carbocycles. The lowest BCUT2D eigenvalue weighted by Crippen LogP contribution is -2.23. The molecule has 2 rings (SSSR count). The Morgan fingerprint density at radius 3 is 2.83 bits per heavy atom. The highest BCUT2D eigenvalue weighted by Gasteiger charge is 2.18. The smallest absolute Gasteiger partial charge is 0.137 e. The quantitative estimate of drug-likeness (QED) is 0.792. The van der Waals surface area contributed by atoms with E-state index in [1.54, 1.807) is 0 Å². The number of halogens is 2. The average molecular weight is 312 g/mol. The van der Waals surface area contributed by atoms with E-state index in [0.29, 0.717) is 4.47 Å². The van der Waals surface area contributed by atoms with Crippen molar-refractivity contribution in [2.45, 2.75) is 38.6 Å². The zero-order valence-electron chi connectivity index (χ0n) is 10.7. The van der Waals surface area contributed by atoms with Gasteiger partial charge in [-0.1, -0.05) is 24.6 Å². The van der Waals surface area contributed by atoms with Gasteiger partial charge in [-0.05, 0) is 65.9 Å². The molecule has 0 fully saturated rings. The van der Waals surface area contributed by atoms with E-state index < -0.39 is 0 Å². The minimum atomic E-state index is -0.202. The summed E-state index contributed by atoms with van der Waals surface area (Å²) < 4.78 is 13.8. The van der Waals surface area contributed by atoms with Gasteiger partial charge in [-0.25, -0.2) is 4.39 Å². The van der Waals surface area contributed by atoms with Crippen molar-refractivity contribution in [2.24, 2.45) is 0 Å². The first-order valence-corrected chi connectivity index (χ1v) is 7.39. The van der Waals surface area contributed by atoms with Gasteiger partial charge in [0, 0.05) is 0 Å². The monoisotopic (exact) mass is 311 g/mol. The minimum absolute atomic E-state index is 0.202. The van der Waals surface area contributed by atoms with Crippen molar-refractivity contribution in [3.63, 3.8) is 0 Å². The lowest BCUT2D eigenvalue weighted by molar-refractivity contribution is 0.561. The first-order valence-electron chi connectivity index (χ1n) is 6.59. The fourth-order valence-electron chi connectivity index (χ4n) is 2.48. The van der Waals surface area contributed by atoms with Crippen molar-refractivity contribution in [1.29, 1.82) is 0 Å². The van der Waals surface area contributed by atoms with E-state index in [9.17, 15) is 4.39 Å². The summed E-state index contributed by atoms with van der Waals surface area (Å²) in [4.78, 5) is 0. The molecule has 0 saturated heterocycles. The molecule has 0 amide bonds. The number of rotatable bonds is 4. The Kier molecular flexibility index (Phi) is 4.95. The standard InChI is InChI=1S/C15H19BrFN/c1-2-18-15(11-6-4-3-5-7-11)12-8-9-14(17)13(16)10-12/h6,8-10,15,18H,2-5,7H2,1H3. The summed E-state index contributed by atoms with van der Waals surface area (Å²) in [5.74, 6) is -0.202. The SMILES string of the molecule is CCNC(C1=CCCCC1)c1ccc(F)c(Br)c1. The molecule has 1 aromatic carbocycles. The van der Waals surface area contributed by atoms with Crippen LogP contribution in [0.2, 0.25) is 0 Å². The lowest BCUT2D eigenvalue weighted by atomic mass is 9.90. The highest BCUT2D eigenvalue weighted by molar-refractivity contribution is 9.10. The summed E-state index contributed by atoms with van der Waals surface area (Å²) in [5.41, 5.74) is 2.58. The Morgan fingerprint density at radius 1 is 1.39 bits per heavy atom. The van der Waals surface area contributed by atoms with Crippen molar-refractivity contribution in [2.75, 3.05) is 6.54 Å². The number of hydrogen-bond donors (Lipinski definition) is 1. The van der Waals surface area contributed by atoms with Gasteiger partial charge in [0.25, 0.3) is 0 Å². The first kappa shape index (κ1) is 13.8. The molecule has 0 bridgehead atoms. The summed E-state index contributed by atoms with van der Waals surface area (Å²) in [7, 11) is 0. The van der Waals surface area contributed by atoms with E-state index >= 15 is 0 Å². The second-order valence-electron chi connectivity index (χ2n) is 4.69. The minimum Gasteiger partial charge on any atom is -0.307 e. The molecule has 0 radical (unpaired) electrons. The van der Waals surface area contributed by atoms with Crippen LogP contribution in [0.3, 0.4) is 0 Å². The molecule has 98 valence electrons. The van der Waals surface area contributed by atoms with Crippen LogP contribution in [-0.2, 0) is 0 Å². The number of hydrogen-bond acceptors (Lipinski definition) is 1. The lowest BCUT2D eigenvalue weighted by Gasteiger charge is -2.24. The fourth-order valence-corrected chi connectivity index (χ4v) is 2.88. The number of benzene rings is 1. The molecule has 18 heavy (non-hydrogen) atoms. The molecule has 3 heteroatoms. The van der Waals surface area contributed by atoms with Gasteiger partial charge in [-0.15, -0.1) is 0 Å². The van der Waals surface area contributed by atoms with Crippen LogP contribution in [0.4, 0.5) is 4.39 Å². The van der Waals surface area contributed by atoms with E-state index in [-0.39, 0.29) is 11.9 Å². The van der Waals surface area contributed by atoms with Crippen molar-refractivity contribution in [3.05, 3.63) is 45.7 Å². The molecule has 1 aliphatic rings. The van der Waals surface area contributed by atoms with E-state index in [1.165, 1.54) is 30.9 Å². The second kappa shape index (κ2) is 6.48. The maximum atomic E-state index is 13.3. The Hall–Kier alpha value is -0.670. The second-order valence-corrected chi connectivity index (χ2v) is 5.54.